The number of carbonyl (C=O) groups is 1. The van der Waals surface area contributed by atoms with Gasteiger partial charge in [-0.3, -0.25) is 0 Å². The normalized spacial score (nSPS) is 10.2. The minimum absolute atomic E-state index is 0.267. The molecule has 0 unspecified atom stereocenters. The highest BCUT2D eigenvalue weighted by atomic mass is 16.5. The van der Waals surface area contributed by atoms with Gasteiger partial charge in [-0.25, -0.2) is 14.8 Å². The van der Waals surface area contributed by atoms with E-state index >= 15 is 0 Å². The summed E-state index contributed by atoms with van der Waals surface area (Å²) in [5, 5.41) is 0. The second-order valence-corrected chi connectivity index (χ2v) is 4.08. The van der Waals surface area contributed by atoms with Gasteiger partial charge < -0.3 is 4.74 Å². The number of rotatable bonds is 2. The highest BCUT2D eigenvalue weighted by Gasteiger charge is 2.11. The first-order valence-corrected chi connectivity index (χ1v) is 5.61. The van der Waals surface area contributed by atoms with E-state index in [1.54, 1.807) is 12.3 Å². The SMILES string of the molecule is COC(=O)c1ccnc(-c2cc(C)ccc2C)n1. The first-order valence-electron chi connectivity index (χ1n) is 5.61. The van der Waals surface area contributed by atoms with Crippen molar-refractivity contribution in [3.05, 3.63) is 47.3 Å². The van der Waals surface area contributed by atoms with Crippen molar-refractivity contribution in [2.45, 2.75) is 13.8 Å². The van der Waals surface area contributed by atoms with E-state index in [1.807, 2.05) is 32.0 Å². The predicted molar refractivity (Wildman–Crippen MR) is 68.3 cm³/mol. The van der Waals surface area contributed by atoms with Crippen molar-refractivity contribution in [1.29, 1.82) is 0 Å². The molecule has 0 aliphatic carbocycles. The Labute approximate surface area is 106 Å². The van der Waals surface area contributed by atoms with Crippen LogP contribution in [0.3, 0.4) is 0 Å². The van der Waals surface area contributed by atoms with Gasteiger partial charge in [-0.2, -0.15) is 0 Å². The molecule has 2 aromatic rings. The summed E-state index contributed by atoms with van der Waals surface area (Å²) in [5.74, 6) is 0.0862. The average molecular weight is 242 g/mol. The molecule has 0 aliphatic heterocycles. The number of ether oxygens (including phenoxy) is 1. The molecule has 92 valence electrons. The fraction of sp³-hybridized carbons (Fsp3) is 0.214. The van der Waals surface area contributed by atoms with Crippen LogP contribution in [0.5, 0.6) is 0 Å². The quantitative estimate of drug-likeness (QED) is 0.759. The Hall–Kier alpha value is -2.23. The smallest absolute Gasteiger partial charge is 0.356 e. The zero-order valence-corrected chi connectivity index (χ0v) is 10.6. The highest BCUT2D eigenvalue weighted by Crippen LogP contribution is 2.21. The molecule has 0 spiro atoms. The van der Waals surface area contributed by atoms with Gasteiger partial charge in [0.2, 0.25) is 0 Å². The van der Waals surface area contributed by atoms with E-state index in [9.17, 15) is 4.79 Å². The van der Waals surface area contributed by atoms with E-state index in [4.69, 9.17) is 0 Å². The van der Waals surface area contributed by atoms with E-state index in [1.165, 1.54) is 7.11 Å². The summed E-state index contributed by atoms with van der Waals surface area (Å²) >= 11 is 0. The standard InChI is InChI=1S/C14H14N2O2/c1-9-4-5-10(2)11(8-9)13-15-7-6-12(16-13)14(17)18-3/h4-8H,1-3H3. The molecule has 18 heavy (non-hydrogen) atoms. The van der Waals surface area contributed by atoms with Crippen molar-refractivity contribution in [3.63, 3.8) is 0 Å². The molecular weight excluding hydrogens is 228 g/mol. The summed E-state index contributed by atoms with van der Waals surface area (Å²) in [6, 6.07) is 7.59. The number of carbonyl (C=O) groups excluding carboxylic acids is 1. The van der Waals surface area contributed by atoms with E-state index < -0.39 is 5.97 Å². The van der Waals surface area contributed by atoms with Crippen LogP contribution in [0.25, 0.3) is 11.4 Å². The van der Waals surface area contributed by atoms with Crippen LogP contribution in [-0.4, -0.2) is 23.0 Å². The fourth-order valence-corrected chi connectivity index (χ4v) is 1.68. The molecule has 0 saturated heterocycles. The van der Waals surface area contributed by atoms with Crippen molar-refractivity contribution >= 4 is 5.97 Å². The van der Waals surface area contributed by atoms with E-state index in [0.29, 0.717) is 5.82 Å². The number of methoxy groups -OCH3 is 1. The lowest BCUT2D eigenvalue weighted by Gasteiger charge is -2.06. The van der Waals surface area contributed by atoms with Crippen LogP contribution < -0.4 is 0 Å². The molecule has 1 heterocycles. The Morgan fingerprint density at radius 3 is 2.72 bits per heavy atom. The maximum atomic E-state index is 11.4. The summed E-state index contributed by atoms with van der Waals surface area (Å²) in [5.41, 5.74) is 3.40. The zero-order valence-electron chi connectivity index (χ0n) is 10.6. The minimum Gasteiger partial charge on any atom is -0.464 e. The Morgan fingerprint density at radius 2 is 2.00 bits per heavy atom. The number of benzene rings is 1. The topological polar surface area (TPSA) is 52.1 Å². The van der Waals surface area contributed by atoms with Gasteiger partial charge in [0.15, 0.2) is 11.5 Å². The molecule has 0 amide bonds. The van der Waals surface area contributed by atoms with Gasteiger partial charge in [0, 0.05) is 11.8 Å². The van der Waals surface area contributed by atoms with Crippen molar-refractivity contribution in [1.82, 2.24) is 9.97 Å². The molecule has 0 aliphatic rings. The zero-order chi connectivity index (χ0) is 13.1. The first kappa shape index (κ1) is 12.2. The van der Waals surface area contributed by atoms with Crippen LogP contribution >= 0.6 is 0 Å². The second kappa shape index (κ2) is 4.96. The van der Waals surface area contributed by atoms with Gasteiger partial charge in [0.1, 0.15) is 0 Å². The Balaban J connectivity index is 2.51. The summed E-state index contributed by atoms with van der Waals surface area (Å²) in [7, 11) is 1.34. The molecule has 0 N–H and O–H groups in total. The summed E-state index contributed by atoms with van der Waals surface area (Å²) in [6.07, 6.45) is 1.57. The number of nitrogens with zero attached hydrogens (tertiary/aromatic N) is 2. The van der Waals surface area contributed by atoms with Crippen molar-refractivity contribution in [2.24, 2.45) is 0 Å². The molecule has 1 aromatic heterocycles. The monoisotopic (exact) mass is 242 g/mol. The lowest BCUT2D eigenvalue weighted by molar-refractivity contribution is 0.0594. The maximum Gasteiger partial charge on any atom is 0.356 e. The predicted octanol–water partition coefficient (Wildman–Crippen LogP) is 2.55. The third-order valence-electron chi connectivity index (χ3n) is 2.68. The van der Waals surface area contributed by atoms with E-state index in [0.717, 1.165) is 16.7 Å². The van der Waals surface area contributed by atoms with Crippen LogP contribution in [-0.2, 0) is 4.74 Å². The lowest BCUT2D eigenvalue weighted by Crippen LogP contribution is -2.06. The molecule has 0 fully saturated rings. The molecule has 0 atom stereocenters. The number of hydrogen-bond donors (Lipinski definition) is 0. The fourth-order valence-electron chi connectivity index (χ4n) is 1.68. The van der Waals surface area contributed by atoms with Crippen molar-refractivity contribution < 1.29 is 9.53 Å². The summed E-state index contributed by atoms with van der Waals surface area (Å²) < 4.78 is 4.65. The largest absolute Gasteiger partial charge is 0.464 e. The van der Waals surface area contributed by atoms with Gasteiger partial charge in [-0.05, 0) is 31.5 Å². The molecule has 0 saturated carbocycles. The first-order chi connectivity index (χ1) is 8.61. The minimum atomic E-state index is -0.455. The van der Waals surface area contributed by atoms with Crippen LogP contribution in [0, 0.1) is 13.8 Å². The summed E-state index contributed by atoms with van der Waals surface area (Å²) in [6.45, 7) is 4.00. The second-order valence-electron chi connectivity index (χ2n) is 4.08. The molecular formula is C14H14N2O2. The Kier molecular flexibility index (Phi) is 3.37. The third-order valence-corrected chi connectivity index (χ3v) is 2.68. The van der Waals surface area contributed by atoms with Crippen LogP contribution in [0.4, 0.5) is 0 Å². The molecule has 4 nitrogen and oxygen atoms in total. The van der Waals surface area contributed by atoms with Crippen LogP contribution in [0.2, 0.25) is 0 Å². The molecule has 2 rings (SSSR count). The Bertz CT molecular complexity index is 594. The Morgan fingerprint density at radius 1 is 1.22 bits per heavy atom. The molecule has 0 bridgehead atoms. The van der Waals surface area contributed by atoms with Crippen molar-refractivity contribution in [3.8, 4) is 11.4 Å². The highest BCUT2D eigenvalue weighted by molar-refractivity contribution is 5.87. The van der Waals surface area contributed by atoms with Crippen LogP contribution in [0.1, 0.15) is 21.6 Å². The van der Waals surface area contributed by atoms with E-state index in [2.05, 4.69) is 14.7 Å². The van der Waals surface area contributed by atoms with E-state index in [-0.39, 0.29) is 5.69 Å². The van der Waals surface area contributed by atoms with Crippen LogP contribution in [0.15, 0.2) is 30.5 Å². The van der Waals surface area contributed by atoms with Gasteiger partial charge in [0.05, 0.1) is 7.11 Å². The van der Waals surface area contributed by atoms with Gasteiger partial charge in [0.25, 0.3) is 0 Å². The molecule has 1 aromatic carbocycles. The third kappa shape index (κ3) is 2.37. The maximum absolute atomic E-state index is 11.4. The number of aromatic nitrogens is 2. The average Bonchev–Trinajstić information content (AvgIpc) is 2.40. The number of hydrogen-bond acceptors (Lipinski definition) is 4. The lowest BCUT2D eigenvalue weighted by atomic mass is 10.1. The van der Waals surface area contributed by atoms with Gasteiger partial charge in [-0.15, -0.1) is 0 Å². The molecule has 4 heteroatoms. The number of esters is 1. The van der Waals surface area contributed by atoms with Crippen molar-refractivity contribution in [2.75, 3.05) is 7.11 Å². The molecule has 0 radical (unpaired) electrons. The number of aryl methyl sites for hydroxylation is 2. The van der Waals surface area contributed by atoms with Gasteiger partial charge in [-0.1, -0.05) is 17.7 Å². The summed E-state index contributed by atoms with van der Waals surface area (Å²) in [4.78, 5) is 19.9. The van der Waals surface area contributed by atoms with Gasteiger partial charge >= 0.3 is 5.97 Å².